The highest BCUT2D eigenvalue weighted by atomic mass is 16.5. The Morgan fingerprint density at radius 3 is 1.79 bits per heavy atom. The molecule has 0 radical (unpaired) electrons. The Morgan fingerprint density at radius 2 is 1.32 bits per heavy atom. The summed E-state index contributed by atoms with van der Waals surface area (Å²) in [5.41, 5.74) is -0.481. The Labute approximate surface area is 172 Å². The molecule has 5 nitrogen and oxygen atoms in total. The lowest BCUT2D eigenvalue weighted by molar-refractivity contribution is -0.890. The van der Waals surface area contributed by atoms with Crippen LogP contribution in [0.15, 0.2) is 5.57 Å². The summed E-state index contributed by atoms with van der Waals surface area (Å²) in [5, 5.41) is 17.2. The van der Waals surface area contributed by atoms with Gasteiger partial charge < -0.3 is 14.6 Å². The Bertz CT molecular complexity index is 502. The maximum atomic E-state index is 11.4. The van der Waals surface area contributed by atoms with E-state index in [2.05, 4.69) is 21.0 Å². The molecular weight excluding hydrogens is 350 g/mol. The molecule has 28 heavy (non-hydrogen) atoms. The van der Waals surface area contributed by atoms with E-state index in [9.17, 15) is 4.79 Å². The number of carbonyl (C=O) groups excluding carboxylic acids is 1. The molecule has 0 fully saturated rings. The van der Waals surface area contributed by atoms with E-state index in [1.165, 1.54) is 77.0 Å². The van der Waals surface area contributed by atoms with Crippen LogP contribution in [-0.2, 0) is 9.53 Å². The van der Waals surface area contributed by atoms with E-state index in [1.54, 1.807) is 11.9 Å². The lowest BCUT2D eigenvalue weighted by Crippen LogP contribution is -2.41. The third kappa shape index (κ3) is 15.4. The van der Waals surface area contributed by atoms with Gasteiger partial charge >= 0.3 is 5.97 Å². The zero-order chi connectivity index (χ0) is 21.1. The van der Waals surface area contributed by atoms with Gasteiger partial charge in [-0.25, -0.2) is 10.7 Å². The first kappa shape index (κ1) is 26.4. The first-order valence-corrected chi connectivity index (χ1v) is 11.1. The first-order valence-electron chi connectivity index (χ1n) is 11.1. The highest BCUT2D eigenvalue weighted by Crippen LogP contribution is 2.13. The summed E-state index contributed by atoms with van der Waals surface area (Å²) < 4.78 is 5.87. The molecular formula is C23H41N3O2. The Morgan fingerprint density at radius 1 is 0.857 bits per heavy atom. The van der Waals surface area contributed by atoms with Gasteiger partial charge in [0.05, 0.1) is 33.8 Å². The van der Waals surface area contributed by atoms with E-state index in [-0.39, 0.29) is 6.61 Å². The fraction of sp³-hybridized carbons (Fsp3) is 0.826. The van der Waals surface area contributed by atoms with Gasteiger partial charge in [0.15, 0.2) is 5.57 Å². The number of esters is 1. The van der Waals surface area contributed by atoms with Crippen LogP contribution >= 0.6 is 0 Å². The standard InChI is InChI=1S/C23H41N3O2/c1-4-5-6-7-8-9-10-11-12-13-14-15-17-26(2,3)18-16-19-28-23(27)22(20-24)21-25/h4-19H2,1-3H3. The van der Waals surface area contributed by atoms with Crippen molar-refractivity contribution in [2.45, 2.75) is 90.4 Å². The number of unbranched alkanes of at least 4 members (excludes halogenated alkanes) is 11. The van der Waals surface area contributed by atoms with Crippen LogP contribution in [0.25, 0.3) is 5.41 Å². The molecule has 0 aromatic rings. The summed E-state index contributed by atoms with van der Waals surface area (Å²) in [7, 11) is 4.39. The first-order chi connectivity index (χ1) is 13.5. The minimum absolute atomic E-state index is 0.256. The second-order valence-electron chi connectivity index (χ2n) is 8.36. The summed E-state index contributed by atoms with van der Waals surface area (Å²) in [6, 6.07) is 1.55. The molecule has 160 valence electrons. The van der Waals surface area contributed by atoms with Crippen LogP contribution < -0.4 is 0 Å². The predicted octanol–water partition coefficient (Wildman–Crippen LogP) is 5.39. The molecule has 0 amide bonds. The van der Waals surface area contributed by atoms with Crippen LogP contribution in [0, 0.1) is 11.3 Å². The lowest BCUT2D eigenvalue weighted by atomic mass is 10.1. The highest BCUT2D eigenvalue weighted by Gasteiger charge is 2.15. The quantitative estimate of drug-likeness (QED) is 0.0785. The van der Waals surface area contributed by atoms with Crippen LogP contribution in [0.3, 0.4) is 0 Å². The minimum atomic E-state index is -0.809. The molecule has 0 unspecified atom stereocenters. The monoisotopic (exact) mass is 391 g/mol. The van der Waals surface area contributed by atoms with Gasteiger partial charge in [0.25, 0.3) is 0 Å². The number of nitrogens with zero attached hydrogens (tertiary/aromatic N) is 3. The van der Waals surface area contributed by atoms with Gasteiger partial charge in [-0.1, -0.05) is 71.1 Å². The van der Waals surface area contributed by atoms with E-state index >= 15 is 0 Å². The maximum Gasteiger partial charge on any atom is 0.355 e. The second kappa shape index (κ2) is 17.5. The van der Waals surface area contributed by atoms with Crippen molar-refractivity contribution >= 4 is 11.8 Å². The Balaban J connectivity index is 3.56. The van der Waals surface area contributed by atoms with Crippen molar-refractivity contribution in [3.05, 3.63) is 11.0 Å². The maximum absolute atomic E-state index is 11.4. The smallest absolute Gasteiger partial charge is 0.355 e. The number of rotatable bonds is 18. The minimum Gasteiger partial charge on any atom is -0.762 e. The third-order valence-corrected chi connectivity index (χ3v) is 5.19. The zero-order valence-corrected chi connectivity index (χ0v) is 18.5. The number of hydrogen-bond acceptors (Lipinski definition) is 3. The van der Waals surface area contributed by atoms with E-state index in [0.29, 0.717) is 0 Å². The highest BCUT2D eigenvalue weighted by molar-refractivity contribution is 6.02. The number of ether oxygens (including phenoxy) is 1. The number of quaternary nitrogens is 1. The van der Waals surface area contributed by atoms with E-state index in [4.69, 9.17) is 15.4 Å². The summed E-state index contributed by atoms with van der Waals surface area (Å²) in [5.74, 6) is 0.743. The van der Waals surface area contributed by atoms with E-state index in [0.717, 1.165) is 24.0 Å². The molecule has 0 bridgehead atoms. The third-order valence-electron chi connectivity index (χ3n) is 5.19. The van der Waals surface area contributed by atoms with Gasteiger partial charge in [0.1, 0.15) is 6.07 Å². The van der Waals surface area contributed by atoms with Crippen molar-refractivity contribution in [1.82, 2.24) is 0 Å². The molecule has 0 saturated heterocycles. The number of hydrogen-bond donors (Lipinski definition) is 0. The normalized spacial score (nSPS) is 10.9. The molecule has 0 aliphatic carbocycles. The molecule has 0 spiro atoms. The fourth-order valence-corrected chi connectivity index (χ4v) is 3.34. The van der Waals surface area contributed by atoms with Crippen molar-refractivity contribution in [2.75, 3.05) is 33.8 Å². The average Bonchev–Trinajstić information content (AvgIpc) is 2.67. The molecule has 0 aliphatic rings. The predicted molar refractivity (Wildman–Crippen MR) is 116 cm³/mol. The average molecular weight is 392 g/mol. The topological polar surface area (TPSA) is 72.4 Å². The molecule has 0 aromatic carbocycles. The van der Waals surface area contributed by atoms with Crippen LogP contribution in [0.5, 0.6) is 0 Å². The van der Waals surface area contributed by atoms with Gasteiger partial charge in [0, 0.05) is 6.42 Å². The van der Waals surface area contributed by atoms with Crippen LogP contribution in [0.1, 0.15) is 90.4 Å². The number of carbonyl (C=O) groups is 1. The molecule has 0 N–H and O–H groups in total. The molecule has 5 heteroatoms. The van der Waals surface area contributed by atoms with Crippen LogP contribution in [0.2, 0.25) is 0 Å². The van der Waals surface area contributed by atoms with Gasteiger partial charge in [-0.2, -0.15) is 5.26 Å². The molecule has 0 saturated carbocycles. The van der Waals surface area contributed by atoms with Gasteiger partial charge in [-0.3, -0.25) is 0 Å². The van der Waals surface area contributed by atoms with Gasteiger partial charge in [-0.05, 0) is 12.8 Å². The van der Waals surface area contributed by atoms with Crippen molar-refractivity contribution in [2.24, 2.45) is 0 Å². The summed E-state index contributed by atoms with van der Waals surface area (Å²) in [4.78, 5) is 11.4. The molecule has 0 heterocycles. The summed E-state index contributed by atoms with van der Waals surface area (Å²) >= 11 is 0. The number of nitriles is 1. The van der Waals surface area contributed by atoms with Crippen LogP contribution in [0.4, 0.5) is 0 Å². The van der Waals surface area contributed by atoms with Crippen molar-refractivity contribution < 1.29 is 14.0 Å². The summed E-state index contributed by atoms with van der Waals surface area (Å²) in [6.45, 7) is 4.56. The lowest BCUT2D eigenvalue weighted by Gasteiger charge is -2.29. The largest absolute Gasteiger partial charge is 0.762 e. The second-order valence-corrected chi connectivity index (χ2v) is 8.36. The SMILES string of the molecule is CCCCCCCCCCCCCC[N+](C)(C)CCCOC(=O)C(=C=[N-])C#N. The molecule has 0 aliphatic heterocycles. The molecule has 0 atom stereocenters. The Kier molecular flexibility index (Phi) is 16.5. The van der Waals surface area contributed by atoms with Crippen LogP contribution in [-0.4, -0.2) is 50.1 Å². The zero-order valence-electron chi connectivity index (χ0n) is 18.5. The van der Waals surface area contributed by atoms with Gasteiger partial charge in [0.2, 0.25) is 0 Å². The molecule has 0 aromatic heterocycles. The van der Waals surface area contributed by atoms with E-state index < -0.39 is 11.5 Å². The van der Waals surface area contributed by atoms with Crippen molar-refractivity contribution in [3.63, 3.8) is 0 Å². The fourth-order valence-electron chi connectivity index (χ4n) is 3.34. The Hall–Kier alpha value is -1.63. The van der Waals surface area contributed by atoms with Crippen molar-refractivity contribution in [1.29, 1.82) is 5.26 Å². The summed E-state index contributed by atoms with van der Waals surface area (Å²) in [6.07, 6.45) is 17.1. The molecule has 0 rings (SSSR count). The van der Waals surface area contributed by atoms with E-state index in [1.807, 2.05) is 0 Å². The van der Waals surface area contributed by atoms with Crippen molar-refractivity contribution in [3.8, 4) is 6.07 Å². The van der Waals surface area contributed by atoms with Gasteiger partial charge in [-0.15, -0.1) is 0 Å².